The summed E-state index contributed by atoms with van der Waals surface area (Å²) >= 11 is 1.43. The average Bonchev–Trinajstić information content (AvgIpc) is 3.06. The zero-order valence-corrected chi connectivity index (χ0v) is 18.8. The van der Waals surface area contributed by atoms with Gasteiger partial charge in [-0.2, -0.15) is 0 Å². The molecule has 158 valence electrons. The van der Waals surface area contributed by atoms with Crippen molar-refractivity contribution in [3.8, 4) is 5.75 Å². The van der Waals surface area contributed by atoms with Crippen LogP contribution in [0.4, 0.5) is 11.5 Å². The lowest BCUT2D eigenvalue weighted by molar-refractivity contribution is 0.102. The number of benzene rings is 1. The molecule has 1 N–H and O–H groups in total. The van der Waals surface area contributed by atoms with Gasteiger partial charge < -0.3 is 15.0 Å². The van der Waals surface area contributed by atoms with Crippen molar-refractivity contribution < 1.29 is 9.53 Å². The number of ether oxygens (including phenoxy) is 1. The van der Waals surface area contributed by atoms with Crippen molar-refractivity contribution in [1.82, 2.24) is 9.97 Å². The van der Waals surface area contributed by atoms with E-state index in [0.29, 0.717) is 29.0 Å². The number of nitrogens with one attached hydrogen (secondary N) is 1. The average molecular weight is 425 g/mol. The number of amides is 1. The predicted molar refractivity (Wildman–Crippen MR) is 123 cm³/mol. The molecule has 1 aliphatic rings. The molecule has 1 fully saturated rings. The van der Waals surface area contributed by atoms with Gasteiger partial charge in [0.05, 0.1) is 22.6 Å². The van der Waals surface area contributed by atoms with Crippen LogP contribution in [-0.2, 0) is 0 Å². The molecule has 0 radical (unpaired) electrons. The van der Waals surface area contributed by atoms with Crippen LogP contribution in [0.1, 0.15) is 54.2 Å². The summed E-state index contributed by atoms with van der Waals surface area (Å²) in [5, 5.41) is 4.02. The van der Waals surface area contributed by atoms with Gasteiger partial charge in [0.15, 0.2) is 0 Å². The Kier molecular flexibility index (Phi) is 5.90. The van der Waals surface area contributed by atoms with Crippen LogP contribution >= 0.6 is 11.3 Å². The zero-order valence-electron chi connectivity index (χ0n) is 18.0. The number of hydrogen-bond donors (Lipinski definition) is 1. The first-order valence-electron chi connectivity index (χ1n) is 10.6. The first-order chi connectivity index (χ1) is 14.5. The standard InChI is InChI=1S/C23H28N4O2S/c1-5-29-18-12-7-6-11-17(18)26-22(28)20-15(3)19-21(24-16(4)25-23(19)30-20)27-13-9-8-10-14(27)2/h6-7,11-12,14H,5,8-10,13H2,1-4H3,(H,26,28). The molecule has 3 aromatic rings. The van der Waals surface area contributed by atoms with Crippen LogP contribution in [0.3, 0.4) is 0 Å². The van der Waals surface area contributed by atoms with E-state index < -0.39 is 0 Å². The van der Waals surface area contributed by atoms with Gasteiger partial charge in [0.1, 0.15) is 22.2 Å². The van der Waals surface area contributed by atoms with Crippen molar-refractivity contribution in [2.75, 3.05) is 23.4 Å². The number of aryl methyl sites for hydroxylation is 2. The normalized spacial score (nSPS) is 16.7. The third kappa shape index (κ3) is 3.86. The quantitative estimate of drug-likeness (QED) is 0.599. The van der Waals surface area contributed by atoms with E-state index in [1.54, 1.807) is 0 Å². The molecule has 3 heterocycles. The fourth-order valence-corrected chi connectivity index (χ4v) is 5.21. The second-order valence-electron chi connectivity index (χ2n) is 7.75. The van der Waals surface area contributed by atoms with Crippen LogP contribution in [0, 0.1) is 13.8 Å². The SMILES string of the molecule is CCOc1ccccc1NC(=O)c1sc2nc(C)nc(N3CCCCC3C)c2c1C. The number of piperidine rings is 1. The second kappa shape index (κ2) is 8.60. The molecule has 1 atom stereocenters. The molecule has 1 unspecified atom stereocenters. The minimum atomic E-state index is -0.141. The van der Waals surface area contributed by atoms with Gasteiger partial charge in [-0.3, -0.25) is 4.79 Å². The Labute approximate surface area is 181 Å². The van der Waals surface area contributed by atoms with Crippen molar-refractivity contribution in [3.63, 3.8) is 0 Å². The van der Waals surface area contributed by atoms with Crippen LogP contribution in [0.5, 0.6) is 5.75 Å². The minimum absolute atomic E-state index is 0.141. The Morgan fingerprint density at radius 2 is 2.07 bits per heavy atom. The fraction of sp³-hybridized carbons (Fsp3) is 0.435. The second-order valence-corrected chi connectivity index (χ2v) is 8.75. The van der Waals surface area contributed by atoms with E-state index >= 15 is 0 Å². The summed E-state index contributed by atoms with van der Waals surface area (Å²) in [5.41, 5.74) is 1.61. The highest BCUT2D eigenvalue weighted by atomic mass is 32.1. The molecule has 0 aliphatic carbocycles. The van der Waals surface area contributed by atoms with Gasteiger partial charge in [0.2, 0.25) is 0 Å². The highest BCUT2D eigenvalue weighted by molar-refractivity contribution is 7.20. The molecule has 1 aliphatic heterocycles. The maximum atomic E-state index is 13.2. The maximum Gasteiger partial charge on any atom is 0.266 e. The van der Waals surface area contributed by atoms with Crippen LogP contribution in [0.2, 0.25) is 0 Å². The Morgan fingerprint density at radius 3 is 2.83 bits per heavy atom. The smallest absolute Gasteiger partial charge is 0.266 e. The number of carbonyl (C=O) groups excluding carboxylic acids is 1. The predicted octanol–water partition coefficient (Wildman–Crippen LogP) is 5.34. The number of aromatic nitrogens is 2. The molecule has 6 nitrogen and oxygen atoms in total. The van der Waals surface area contributed by atoms with Gasteiger partial charge in [-0.25, -0.2) is 9.97 Å². The molecule has 30 heavy (non-hydrogen) atoms. The summed E-state index contributed by atoms with van der Waals surface area (Å²) in [6, 6.07) is 7.94. The highest BCUT2D eigenvalue weighted by Gasteiger charge is 2.26. The van der Waals surface area contributed by atoms with Crippen LogP contribution in [0.25, 0.3) is 10.2 Å². The lowest BCUT2D eigenvalue weighted by Gasteiger charge is -2.35. The van der Waals surface area contributed by atoms with Gasteiger partial charge in [0.25, 0.3) is 5.91 Å². The van der Waals surface area contributed by atoms with Crippen molar-refractivity contribution >= 4 is 39.0 Å². The highest BCUT2D eigenvalue weighted by Crippen LogP contribution is 2.38. The van der Waals surface area contributed by atoms with E-state index in [-0.39, 0.29) is 5.91 Å². The first kappa shape index (κ1) is 20.6. The Balaban J connectivity index is 1.73. The molecule has 1 aromatic carbocycles. The largest absolute Gasteiger partial charge is 0.492 e. The van der Waals surface area contributed by atoms with Crippen molar-refractivity contribution in [3.05, 3.63) is 40.5 Å². The monoisotopic (exact) mass is 424 g/mol. The Hall–Kier alpha value is -2.67. The van der Waals surface area contributed by atoms with Gasteiger partial charge in [-0.15, -0.1) is 11.3 Å². The van der Waals surface area contributed by atoms with Crippen LogP contribution in [0.15, 0.2) is 24.3 Å². The minimum Gasteiger partial charge on any atom is -0.492 e. The summed E-state index contributed by atoms with van der Waals surface area (Å²) < 4.78 is 5.65. The van der Waals surface area contributed by atoms with E-state index in [1.807, 2.05) is 45.0 Å². The first-order valence-corrected chi connectivity index (χ1v) is 11.4. The molecule has 0 bridgehead atoms. The summed E-state index contributed by atoms with van der Waals surface area (Å²) in [7, 11) is 0. The van der Waals surface area contributed by atoms with Crippen LogP contribution < -0.4 is 15.0 Å². The van der Waals surface area contributed by atoms with Crippen LogP contribution in [-0.4, -0.2) is 35.1 Å². The van der Waals surface area contributed by atoms with Crippen molar-refractivity contribution in [2.24, 2.45) is 0 Å². The molecular weight excluding hydrogens is 396 g/mol. The van der Waals surface area contributed by atoms with E-state index in [0.717, 1.165) is 40.4 Å². The number of hydrogen-bond acceptors (Lipinski definition) is 6. The maximum absolute atomic E-state index is 13.2. The molecule has 1 amide bonds. The number of nitrogens with zero attached hydrogens (tertiary/aromatic N) is 3. The number of para-hydroxylation sites is 2. The molecule has 2 aromatic heterocycles. The number of carbonyl (C=O) groups is 1. The zero-order chi connectivity index (χ0) is 21.3. The molecule has 0 saturated carbocycles. The Morgan fingerprint density at radius 1 is 1.27 bits per heavy atom. The van der Waals surface area contributed by atoms with E-state index in [2.05, 4.69) is 22.1 Å². The summed E-state index contributed by atoms with van der Waals surface area (Å²) in [4.78, 5) is 26.6. The number of thiophene rings is 1. The van der Waals surface area contributed by atoms with E-state index in [9.17, 15) is 4.79 Å². The topological polar surface area (TPSA) is 67.3 Å². The van der Waals surface area contributed by atoms with E-state index in [4.69, 9.17) is 9.72 Å². The van der Waals surface area contributed by atoms with Gasteiger partial charge in [-0.1, -0.05) is 12.1 Å². The summed E-state index contributed by atoms with van der Waals surface area (Å²) in [6.45, 7) is 9.64. The molecule has 1 saturated heterocycles. The molecule has 7 heteroatoms. The van der Waals surface area contributed by atoms with Crippen molar-refractivity contribution in [2.45, 2.75) is 53.0 Å². The lowest BCUT2D eigenvalue weighted by Crippen LogP contribution is -2.38. The van der Waals surface area contributed by atoms with Gasteiger partial charge in [0, 0.05) is 12.6 Å². The summed E-state index contributed by atoms with van der Waals surface area (Å²) in [6.07, 6.45) is 3.58. The molecular formula is C23H28N4O2S. The lowest BCUT2D eigenvalue weighted by atomic mass is 10.0. The van der Waals surface area contributed by atoms with Crippen molar-refractivity contribution in [1.29, 1.82) is 0 Å². The number of anilines is 2. The fourth-order valence-electron chi connectivity index (χ4n) is 4.09. The van der Waals surface area contributed by atoms with E-state index in [1.165, 1.54) is 24.2 Å². The number of rotatable bonds is 5. The summed E-state index contributed by atoms with van der Waals surface area (Å²) in [5.74, 6) is 2.24. The third-order valence-corrected chi connectivity index (χ3v) is 6.78. The number of fused-ring (bicyclic) bond motifs is 1. The Bertz CT molecular complexity index is 1080. The molecule has 4 rings (SSSR count). The van der Waals surface area contributed by atoms with Gasteiger partial charge in [-0.05, 0) is 64.7 Å². The van der Waals surface area contributed by atoms with Gasteiger partial charge >= 0.3 is 0 Å². The third-order valence-electron chi connectivity index (χ3n) is 5.60. The molecule has 0 spiro atoms.